The van der Waals surface area contributed by atoms with Gasteiger partial charge in [0.15, 0.2) is 5.58 Å². The summed E-state index contributed by atoms with van der Waals surface area (Å²) in [6.45, 7) is 13.8. The smallest absolute Gasteiger partial charge is 0.227 e. The van der Waals surface area contributed by atoms with Crippen molar-refractivity contribution in [3.8, 4) is 11.5 Å². The van der Waals surface area contributed by atoms with Gasteiger partial charge in [0, 0.05) is 5.56 Å². The van der Waals surface area contributed by atoms with Gasteiger partial charge in [-0.15, -0.1) is 0 Å². The van der Waals surface area contributed by atoms with E-state index in [4.69, 9.17) is 9.40 Å². The van der Waals surface area contributed by atoms with Crippen LogP contribution in [0.1, 0.15) is 109 Å². The van der Waals surface area contributed by atoms with Gasteiger partial charge in [-0.25, -0.2) is 4.98 Å². The summed E-state index contributed by atoms with van der Waals surface area (Å²) >= 11 is 0. The van der Waals surface area contributed by atoms with Crippen LogP contribution in [0.25, 0.3) is 22.6 Å². The highest BCUT2D eigenvalue weighted by Crippen LogP contribution is 2.36. The molecule has 3 rings (SSSR count). The first-order valence-electron chi connectivity index (χ1n) is 13.4. The van der Waals surface area contributed by atoms with Crippen LogP contribution in [0.4, 0.5) is 0 Å². The standard InChI is InChI=1S/C31H45NO/c1-7-9-10-13-24(8-2)26-14-11-12-15-28(26)31-32-30-27(20-17-23(5)6)25(18-16-22(3)4)19-21-29(30)33-31/h11-12,14-15,19,21-24H,7-10,13,16-18,20H2,1-6H3. The highest BCUT2D eigenvalue weighted by atomic mass is 16.3. The molecule has 1 unspecified atom stereocenters. The first kappa shape index (κ1) is 25.5. The zero-order chi connectivity index (χ0) is 23.8. The topological polar surface area (TPSA) is 26.0 Å². The molecule has 2 nitrogen and oxygen atoms in total. The number of oxazole rings is 1. The molecule has 1 aromatic heterocycles. The van der Waals surface area contributed by atoms with Crippen LogP contribution in [0.5, 0.6) is 0 Å². The maximum Gasteiger partial charge on any atom is 0.227 e. The molecule has 0 radical (unpaired) electrons. The van der Waals surface area contributed by atoms with Crippen molar-refractivity contribution in [2.24, 2.45) is 11.8 Å². The molecule has 2 heteroatoms. The monoisotopic (exact) mass is 447 g/mol. The van der Waals surface area contributed by atoms with Crippen molar-refractivity contribution in [3.05, 3.63) is 53.1 Å². The summed E-state index contributed by atoms with van der Waals surface area (Å²) in [5.74, 6) is 2.74. The molecule has 0 aliphatic rings. The Bertz CT molecular complexity index is 997. The normalized spacial score (nSPS) is 12.8. The summed E-state index contributed by atoms with van der Waals surface area (Å²) in [6, 6.07) is 13.2. The zero-order valence-electron chi connectivity index (χ0n) is 21.9. The van der Waals surface area contributed by atoms with Gasteiger partial charge in [0.05, 0.1) is 0 Å². The Morgan fingerprint density at radius 2 is 1.55 bits per heavy atom. The average Bonchev–Trinajstić information content (AvgIpc) is 3.23. The van der Waals surface area contributed by atoms with Crippen molar-refractivity contribution < 1.29 is 4.42 Å². The Hall–Kier alpha value is -2.09. The number of benzene rings is 2. The van der Waals surface area contributed by atoms with Gasteiger partial charge in [0.25, 0.3) is 0 Å². The highest BCUT2D eigenvalue weighted by molar-refractivity contribution is 5.81. The number of hydrogen-bond donors (Lipinski definition) is 0. The van der Waals surface area contributed by atoms with E-state index in [1.54, 1.807) is 0 Å². The van der Waals surface area contributed by atoms with Crippen LogP contribution in [0.3, 0.4) is 0 Å². The third kappa shape index (κ3) is 6.71. The molecule has 1 heterocycles. The van der Waals surface area contributed by atoms with Gasteiger partial charge in [-0.2, -0.15) is 0 Å². The Balaban J connectivity index is 2.02. The fourth-order valence-corrected chi connectivity index (χ4v) is 4.86. The van der Waals surface area contributed by atoms with E-state index >= 15 is 0 Å². The van der Waals surface area contributed by atoms with Crippen LogP contribution in [0.15, 0.2) is 40.8 Å². The minimum Gasteiger partial charge on any atom is -0.436 e. The predicted molar refractivity (Wildman–Crippen MR) is 143 cm³/mol. The summed E-state index contributed by atoms with van der Waals surface area (Å²) < 4.78 is 6.43. The van der Waals surface area contributed by atoms with E-state index in [1.807, 2.05) is 0 Å². The third-order valence-corrected chi connectivity index (χ3v) is 7.01. The molecule has 0 amide bonds. The molecule has 0 saturated carbocycles. The average molecular weight is 448 g/mol. The minimum absolute atomic E-state index is 0.560. The van der Waals surface area contributed by atoms with E-state index in [0.29, 0.717) is 17.8 Å². The molecule has 2 aromatic carbocycles. The second kappa shape index (κ2) is 12.4. The fraction of sp³-hybridized carbons (Fsp3) is 0.581. The molecule has 180 valence electrons. The van der Waals surface area contributed by atoms with Crippen LogP contribution in [-0.4, -0.2) is 4.98 Å². The number of nitrogens with zero attached hydrogens (tertiary/aromatic N) is 1. The largest absolute Gasteiger partial charge is 0.436 e. The van der Waals surface area contributed by atoms with E-state index in [1.165, 1.54) is 60.8 Å². The molecule has 0 spiro atoms. The highest BCUT2D eigenvalue weighted by Gasteiger charge is 2.20. The summed E-state index contributed by atoms with van der Waals surface area (Å²) in [5.41, 5.74) is 7.45. The van der Waals surface area contributed by atoms with E-state index in [2.05, 4.69) is 77.9 Å². The molecule has 0 aliphatic heterocycles. The molecule has 0 saturated heterocycles. The van der Waals surface area contributed by atoms with Crippen molar-refractivity contribution in [1.82, 2.24) is 4.98 Å². The second-order valence-electron chi connectivity index (χ2n) is 10.6. The van der Waals surface area contributed by atoms with Crippen LogP contribution < -0.4 is 0 Å². The van der Waals surface area contributed by atoms with Gasteiger partial charge in [-0.1, -0.05) is 85.1 Å². The summed E-state index contributed by atoms with van der Waals surface area (Å²) in [5, 5.41) is 0. The molecular weight excluding hydrogens is 402 g/mol. The Morgan fingerprint density at radius 1 is 0.818 bits per heavy atom. The first-order chi connectivity index (χ1) is 15.9. The van der Waals surface area contributed by atoms with Crippen LogP contribution >= 0.6 is 0 Å². The van der Waals surface area contributed by atoms with Crippen molar-refractivity contribution in [3.63, 3.8) is 0 Å². The lowest BCUT2D eigenvalue weighted by atomic mass is 9.88. The first-order valence-corrected chi connectivity index (χ1v) is 13.4. The minimum atomic E-state index is 0.560. The number of aryl methyl sites for hydroxylation is 2. The fourth-order valence-electron chi connectivity index (χ4n) is 4.86. The van der Waals surface area contributed by atoms with E-state index < -0.39 is 0 Å². The van der Waals surface area contributed by atoms with E-state index in [-0.39, 0.29) is 0 Å². The van der Waals surface area contributed by atoms with Gasteiger partial charge in [-0.05, 0) is 85.1 Å². The molecule has 0 fully saturated rings. The van der Waals surface area contributed by atoms with Crippen molar-refractivity contribution in [2.75, 3.05) is 0 Å². The molecule has 3 aromatic rings. The third-order valence-electron chi connectivity index (χ3n) is 7.01. The Labute approximate surface area is 202 Å². The number of aromatic nitrogens is 1. The zero-order valence-corrected chi connectivity index (χ0v) is 21.9. The van der Waals surface area contributed by atoms with Gasteiger partial charge in [-0.3, -0.25) is 0 Å². The number of fused-ring (bicyclic) bond motifs is 1. The summed E-state index contributed by atoms with van der Waals surface area (Å²) in [6.07, 6.45) is 10.8. The molecule has 0 N–H and O–H groups in total. The lowest BCUT2D eigenvalue weighted by molar-refractivity contribution is 0.551. The van der Waals surface area contributed by atoms with Crippen LogP contribution in [0.2, 0.25) is 0 Å². The lowest BCUT2D eigenvalue weighted by Crippen LogP contribution is -2.01. The molecular formula is C31H45NO. The summed E-state index contributed by atoms with van der Waals surface area (Å²) in [7, 11) is 0. The maximum atomic E-state index is 6.43. The SMILES string of the molecule is CCCCCC(CC)c1ccccc1-c1nc2c(CCC(C)C)c(CCC(C)C)ccc2o1. The number of rotatable bonds is 13. The van der Waals surface area contributed by atoms with Crippen LogP contribution in [0, 0.1) is 11.8 Å². The van der Waals surface area contributed by atoms with Gasteiger partial charge >= 0.3 is 0 Å². The molecule has 0 aliphatic carbocycles. The lowest BCUT2D eigenvalue weighted by Gasteiger charge is -2.17. The Morgan fingerprint density at radius 3 is 2.24 bits per heavy atom. The Kier molecular flexibility index (Phi) is 9.59. The molecule has 0 bridgehead atoms. The second-order valence-corrected chi connectivity index (χ2v) is 10.6. The maximum absolute atomic E-state index is 6.43. The van der Waals surface area contributed by atoms with Crippen molar-refractivity contribution in [2.45, 2.75) is 105 Å². The molecule has 1 atom stereocenters. The van der Waals surface area contributed by atoms with Gasteiger partial charge in [0.2, 0.25) is 5.89 Å². The summed E-state index contributed by atoms with van der Waals surface area (Å²) in [4.78, 5) is 5.16. The van der Waals surface area contributed by atoms with Gasteiger partial charge < -0.3 is 4.42 Å². The molecule has 33 heavy (non-hydrogen) atoms. The number of unbranched alkanes of at least 4 members (excludes halogenated alkanes) is 2. The quantitative estimate of drug-likeness (QED) is 0.244. The van der Waals surface area contributed by atoms with Crippen molar-refractivity contribution in [1.29, 1.82) is 0 Å². The van der Waals surface area contributed by atoms with Gasteiger partial charge in [0.1, 0.15) is 5.52 Å². The van der Waals surface area contributed by atoms with E-state index in [9.17, 15) is 0 Å². The van der Waals surface area contributed by atoms with Crippen molar-refractivity contribution >= 4 is 11.1 Å². The van der Waals surface area contributed by atoms with E-state index in [0.717, 1.165) is 36.3 Å². The van der Waals surface area contributed by atoms with Crippen LogP contribution in [-0.2, 0) is 12.8 Å². The number of hydrogen-bond acceptors (Lipinski definition) is 2. The predicted octanol–water partition coefficient (Wildman–Crippen LogP) is 9.75.